The van der Waals surface area contributed by atoms with Crippen molar-refractivity contribution < 1.29 is 18.0 Å². The highest BCUT2D eigenvalue weighted by Crippen LogP contribution is 2.32. The first kappa shape index (κ1) is 18.7. The summed E-state index contributed by atoms with van der Waals surface area (Å²) >= 11 is 0. The number of carbonyl (C=O) groups excluding carboxylic acids is 1. The fourth-order valence-corrected chi connectivity index (χ4v) is 3.06. The molecule has 1 N–H and O–H groups in total. The maximum absolute atomic E-state index is 13.1. The zero-order valence-corrected chi connectivity index (χ0v) is 14.4. The molecule has 1 aromatic heterocycles. The molecule has 10 heteroatoms. The Morgan fingerprint density at radius 3 is 2.48 bits per heavy atom. The van der Waals surface area contributed by atoms with Gasteiger partial charge in [0.25, 0.3) is 5.56 Å². The van der Waals surface area contributed by atoms with Crippen LogP contribution >= 0.6 is 0 Å². The van der Waals surface area contributed by atoms with Crippen LogP contribution in [0, 0.1) is 0 Å². The van der Waals surface area contributed by atoms with Gasteiger partial charge in [-0.2, -0.15) is 13.2 Å². The Morgan fingerprint density at radius 1 is 1.11 bits per heavy atom. The van der Waals surface area contributed by atoms with E-state index in [9.17, 15) is 27.6 Å². The average molecular weight is 382 g/mol. The lowest BCUT2D eigenvalue weighted by Gasteiger charge is -2.36. The first-order valence-corrected chi connectivity index (χ1v) is 8.15. The summed E-state index contributed by atoms with van der Waals surface area (Å²) in [4.78, 5) is 40.7. The molecule has 0 radical (unpaired) electrons. The number of nitrogens with zero attached hydrogens (tertiary/aromatic N) is 3. The molecule has 3 rings (SSSR count). The van der Waals surface area contributed by atoms with Crippen molar-refractivity contribution in [2.24, 2.45) is 7.05 Å². The third kappa shape index (κ3) is 3.88. The molecule has 1 aliphatic heterocycles. The van der Waals surface area contributed by atoms with Gasteiger partial charge in [0, 0.05) is 32.7 Å². The number of carbonyl (C=O) groups is 1. The van der Waals surface area contributed by atoms with Crippen molar-refractivity contribution >= 4 is 11.7 Å². The minimum atomic E-state index is -4.50. The van der Waals surface area contributed by atoms with E-state index in [0.29, 0.717) is 0 Å². The molecule has 0 unspecified atom stereocenters. The van der Waals surface area contributed by atoms with Crippen LogP contribution in [-0.2, 0) is 24.6 Å². The van der Waals surface area contributed by atoms with E-state index in [1.165, 1.54) is 40.8 Å². The molecule has 1 aliphatic rings. The summed E-state index contributed by atoms with van der Waals surface area (Å²) < 4.78 is 40.6. The Hall–Kier alpha value is -3.04. The van der Waals surface area contributed by atoms with Crippen molar-refractivity contribution in [3.63, 3.8) is 0 Å². The van der Waals surface area contributed by atoms with Gasteiger partial charge >= 0.3 is 11.9 Å². The van der Waals surface area contributed by atoms with Crippen LogP contribution < -0.4 is 16.1 Å². The number of hydrogen-bond donors (Lipinski definition) is 1. The van der Waals surface area contributed by atoms with E-state index in [4.69, 9.17) is 0 Å². The van der Waals surface area contributed by atoms with Gasteiger partial charge in [0.05, 0.1) is 12.1 Å². The number of halogens is 3. The Labute approximate surface area is 151 Å². The minimum Gasteiger partial charge on any atom is -0.347 e. The predicted octanol–water partition coefficient (Wildman–Crippen LogP) is 0.941. The largest absolute Gasteiger partial charge is 0.416 e. The van der Waals surface area contributed by atoms with Crippen LogP contribution in [0.2, 0.25) is 0 Å². The summed E-state index contributed by atoms with van der Waals surface area (Å²) in [5, 5.41) is 0. The van der Waals surface area contributed by atoms with Gasteiger partial charge in [-0.15, -0.1) is 0 Å². The number of nitrogens with one attached hydrogen (secondary N) is 1. The number of alkyl halides is 3. The van der Waals surface area contributed by atoms with Gasteiger partial charge in [-0.05, 0) is 11.6 Å². The summed E-state index contributed by atoms with van der Waals surface area (Å²) in [7, 11) is 1.46. The summed E-state index contributed by atoms with van der Waals surface area (Å²) in [6.07, 6.45) is -4.50. The Morgan fingerprint density at radius 2 is 1.81 bits per heavy atom. The van der Waals surface area contributed by atoms with E-state index in [2.05, 4.69) is 4.98 Å². The van der Waals surface area contributed by atoms with E-state index in [-0.39, 0.29) is 43.5 Å². The van der Waals surface area contributed by atoms with Crippen LogP contribution in [0.4, 0.5) is 19.0 Å². The smallest absolute Gasteiger partial charge is 0.347 e. The SMILES string of the molecule is Cn1c(N2CCN(Cc3ccccc3C(F)(F)F)C(=O)C2)cc(=O)[nH]c1=O. The van der Waals surface area contributed by atoms with E-state index in [1.54, 1.807) is 4.90 Å². The van der Waals surface area contributed by atoms with Gasteiger partial charge in [0.2, 0.25) is 5.91 Å². The van der Waals surface area contributed by atoms with Gasteiger partial charge in [0.1, 0.15) is 5.82 Å². The standard InChI is InChI=1S/C17H17F3N4O3/c1-22-14(8-13(25)21-16(22)27)23-6-7-24(15(26)10-23)9-11-4-2-3-5-12(11)17(18,19)20/h2-5,8H,6-7,9-10H2,1H3,(H,21,25,27). The van der Waals surface area contributed by atoms with Crippen molar-refractivity contribution in [1.29, 1.82) is 0 Å². The summed E-state index contributed by atoms with van der Waals surface area (Å²) in [6.45, 7) is 0.171. The molecule has 1 amide bonds. The molecule has 1 fully saturated rings. The van der Waals surface area contributed by atoms with Gasteiger partial charge < -0.3 is 9.80 Å². The van der Waals surface area contributed by atoms with Gasteiger partial charge in [-0.25, -0.2) is 4.79 Å². The van der Waals surface area contributed by atoms with Crippen LogP contribution in [0.3, 0.4) is 0 Å². The fraction of sp³-hybridized carbons (Fsp3) is 0.353. The fourth-order valence-electron chi connectivity index (χ4n) is 3.06. The maximum Gasteiger partial charge on any atom is 0.416 e. The van der Waals surface area contributed by atoms with Gasteiger partial charge in [-0.3, -0.25) is 19.1 Å². The Bertz CT molecular complexity index is 980. The molecular weight excluding hydrogens is 365 g/mol. The van der Waals surface area contributed by atoms with Crippen molar-refractivity contribution in [2.75, 3.05) is 24.5 Å². The Balaban J connectivity index is 1.79. The highest BCUT2D eigenvalue weighted by atomic mass is 19.4. The van der Waals surface area contributed by atoms with Crippen molar-refractivity contribution in [3.8, 4) is 0 Å². The molecule has 7 nitrogen and oxygen atoms in total. The lowest BCUT2D eigenvalue weighted by Crippen LogP contribution is -2.51. The van der Waals surface area contributed by atoms with E-state index in [1.807, 2.05) is 0 Å². The van der Waals surface area contributed by atoms with Crippen LogP contribution in [-0.4, -0.2) is 40.0 Å². The van der Waals surface area contributed by atoms with Crippen molar-refractivity contribution in [2.45, 2.75) is 12.7 Å². The number of aromatic nitrogens is 2. The second kappa shape index (κ2) is 6.93. The number of amides is 1. The number of hydrogen-bond acceptors (Lipinski definition) is 4. The lowest BCUT2D eigenvalue weighted by atomic mass is 10.1. The molecule has 2 aromatic rings. The van der Waals surface area contributed by atoms with Crippen LogP contribution in [0.25, 0.3) is 0 Å². The molecule has 1 aromatic carbocycles. The molecule has 144 valence electrons. The number of H-pyrrole nitrogens is 1. The normalized spacial score (nSPS) is 15.3. The summed E-state index contributed by atoms with van der Waals surface area (Å²) in [6, 6.07) is 6.35. The van der Waals surface area contributed by atoms with Gasteiger partial charge in [-0.1, -0.05) is 18.2 Å². The number of anilines is 1. The number of piperazine rings is 1. The summed E-state index contributed by atoms with van der Waals surface area (Å²) in [5.74, 6) is -0.0987. The zero-order valence-electron chi connectivity index (χ0n) is 14.4. The second-order valence-electron chi connectivity index (χ2n) is 6.25. The number of aromatic amines is 1. The third-order valence-corrected chi connectivity index (χ3v) is 4.47. The molecule has 0 saturated carbocycles. The quantitative estimate of drug-likeness (QED) is 0.857. The molecule has 0 atom stereocenters. The first-order valence-electron chi connectivity index (χ1n) is 8.15. The number of rotatable bonds is 3. The van der Waals surface area contributed by atoms with E-state index in [0.717, 1.165) is 6.07 Å². The Kier molecular flexibility index (Phi) is 4.81. The topological polar surface area (TPSA) is 78.4 Å². The molecule has 2 heterocycles. The number of benzene rings is 1. The highest BCUT2D eigenvalue weighted by Gasteiger charge is 2.34. The third-order valence-electron chi connectivity index (χ3n) is 4.47. The first-order chi connectivity index (χ1) is 12.7. The molecule has 27 heavy (non-hydrogen) atoms. The van der Waals surface area contributed by atoms with Crippen LogP contribution in [0.1, 0.15) is 11.1 Å². The van der Waals surface area contributed by atoms with E-state index >= 15 is 0 Å². The molecule has 0 bridgehead atoms. The van der Waals surface area contributed by atoms with Crippen LogP contribution in [0.5, 0.6) is 0 Å². The van der Waals surface area contributed by atoms with Gasteiger partial charge in [0.15, 0.2) is 0 Å². The zero-order chi connectivity index (χ0) is 19.8. The molecular formula is C17H17F3N4O3. The average Bonchev–Trinajstić information content (AvgIpc) is 2.59. The van der Waals surface area contributed by atoms with E-state index < -0.39 is 23.0 Å². The van der Waals surface area contributed by atoms with Crippen molar-refractivity contribution in [3.05, 3.63) is 62.3 Å². The molecule has 0 aliphatic carbocycles. The molecule has 0 spiro atoms. The minimum absolute atomic E-state index is 0.0235. The van der Waals surface area contributed by atoms with Crippen LogP contribution in [0.15, 0.2) is 39.9 Å². The lowest BCUT2D eigenvalue weighted by molar-refractivity contribution is -0.140. The second-order valence-corrected chi connectivity index (χ2v) is 6.25. The van der Waals surface area contributed by atoms with Crippen molar-refractivity contribution in [1.82, 2.24) is 14.5 Å². The summed E-state index contributed by atoms with van der Waals surface area (Å²) in [5.41, 5.74) is -1.93. The molecule has 1 saturated heterocycles. The monoisotopic (exact) mass is 382 g/mol. The maximum atomic E-state index is 13.1. The highest BCUT2D eigenvalue weighted by molar-refractivity contribution is 5.82. The predicted molar refractivity (Wildman–Crippen MR) is 91.4 cm³/mol.